The van der Waals surface area contributed by atoms with E-state index in [1.54, 1.807) is 0 Å². The molecule has 1 aliphatic heterocycles. The van der Waals surface area contributed by atoms with Gasteiger partial charge < -0.3 is 9.47 Å². The third-order valence-electron chi connectivity index (χ3n) is 2.93. The quantitative estimate of drug-likeness (QED) is 0.742. The monoisotopic (exact) mass is 234 g/mol. The topological polar surface area (TPSA) is 52.6 Å². The summed E-state index contributed by atoms with van der Waals surface area (Å²) in [5.41, 5.74) is 1.71. The van der Waals surface area contributed by atoms with Gasteiger partial charge in [0.25, 0.3) is 0 Å². The van der Waals surface area contributed by atoms with Crippen LogP contribution in [-0.4, -0.2) is 25.7 Å². The van der Waals surface area contributed by atoms with Crippen LogP contribution >= 0.6 is 0 Å². The molecule has 1 aromatic carbocycles. The van der Waals surface area contributed by atoms with Crippen molar-refractivity contribution < 1.29 is 19.1 Å². The van der Waals surface area contributed by atoms with Crippen LogP contribution in [0.1, 0.15) is 23.5 Å². The minimum atomic E-state index is -0.302. The van der Waals surface area contributed by atoms with Gasteiger partial charge in [0.2, 0.25) is 0 Å². The Morgan fingerprint density at radius 3 is 2.88 bits per heavy atom. The Labute approximate surface area is 99.5 Å². The first-order valence-electron chi connectivity index (χ1n) is 5.53. The average molecular weight is 234 g/mol. The molecule has 2 rings (SSSR count). The number of ether oxygens (including phenoxy) is 2. The van der Waals surface area contributed by atoms with Crippen molar-refractivity contribution in [3.8, 4) is 0 Å². The normalized spacial score (nSPS) is 18.9. The van der Waals surface area contributed by atoms with Crippen LogP contribution in [0.5, 0.6) is 0 Å². The van der Waals surface area contributed by atoms with Crippen molar-refractivity contribution in [3.05, 3.63) is 35.4 Å². The maximum atomic E-state index is 11.5. The molecule has 0 N–H and O–H groups in total. The molecule has 1 fully saturated rings. The first-order chi connectivity index (χ1) is 8.22. The molecule has 1 saturated heterocycles. The van der Waals surface area contributed by atoms with Gasteiger partial charge in [-0.15, -0.1) is 0 Å². The van der Waals surface area contributed by atoms with Crippen LogP contribution in [0.25, 0.3) is 0 Å². The number of esters is 2. The van der Waals surface area contributed by atoms with E-state index in [4.69, 9.17) is 4.74 Å². The molecule has 0 saturated carbocycles. The minimum absolute atomic E-state index is 0.191. The van der Waals surface area contributed by atoms with Crippen molar-refractivity contribution in [2.45, 2.75) is 18.8 Å². The van der Waals surface area contributed by atoms with E-state index in [9.17, 15) is 9.59 Å². The number of cyclic esters (lactones) is 1. The van der Waals surface area contributed by atoms with Gasteiger partial charge >= 0.3 is 11.9 Å². The number of rotatable bonds is 3. The zero-order chi connectivity index (χ0) is 12.3. The van der Waals surface area contributed by atoms with Crippen molar-refractivity contribution in [3.63, 3.8) is 0 Å². The first-order valence-corrected chi connectivity index (χ1v) is 5.53. The molecular formula is C13H14O4. The summed E-state index contributed by atoms with van der Waals surface area (Å²) < 4.78 is 9.59. The Morgan fingerprint density at radius 2 is 2.24 bits per heavy atom. The fourth-order valence-electron chi connectivity index (χ4n) is 2.04. The second-order valence-corrected chi connectivity index (χ2v) is 3.96. The fourth-order valence-corrected chi connectivity index (χ4v) is 2.04. The van der Waals surface area contributed by atoms with Crippen LogP contribution in [0.3, 0.4) is 0 Å². The summed E-state index contributed by atoms with van der Waals surface area (Å²) in [6.07, 6.45) is 0.869. The molecule has 0 aromatic heterocycles. The predicted octanol–water partition coefficient (Wildman–Crippen LogP) is 1.43. The van der Waals surface area contributed by atoms with Crippen molar-refractivity contribution >= 4 is 11.9 Å². The van der Waals surface area contributed by atoms with E-state index in [2.05, 4.69) is 4.74 Å². The average Bonchev–Trinajstić information content (AvgIpc) is 2.76. The van der Waals surface area contributed by atoms with Crippen LogP contribution < -0.4 is 0 Å². The molecule has 1 unspecified atom stereocenters. The van der Waals surface area contributed by atoms with E-state index in [1.807, 2.05) is 24.3 Å². The maximum Gasteiger partial charge on any atom is 0.313 e. The zero-order valence-electron chi connectivity index (χ0n) is 9.64. The molecule has 0 bridgehead atoms. The lowest BCUT2D eigenvalue weighted by Crippen LogP contribution is -2.12. The summed E-state index contributed by atoms with van der Waals surface area (Å²) >= 11 is 0. The largest absolute Gasteiger partial charge is 0.469 e. The lowest BCUT2D eigenvalue weighted by atomic mass is 9.92. The molecule has 0 amide bonds. The molecule has 90 valence electrons. The number of carbonyl (C=O) groups is 2. The van der Waals surface area contributed by atoms with Crippen molar-refractivity contribution in [1.29, 1.82) is 0 Å². The first kappa shape index (κ1) is 11.6. The van der Waals surface area contributed by atoms with E-state index in [-0.39, 0.29) is 24.3 Å². The predicted molar refractivity (Wildman–Crippen MR) is 60.5 cm³/mol. The third kappa shape index (κ3) is 2.46. The third-order valence-corrected chi connectivity index (χ3v) is 2.93. The summed E-state index contributed by atoms with van der Waals surface area (Å²) in [6, 6.07) is 7.43. The summed E-state index contributed by atoms with van der Waals surface area (Å²) in [6.45, 7) is 0.454. The van der Waals surface area contributed by atoms with Gasteiger partial charge in [0.05, 0.1) is 26.1 Å². The van der Waals surface area contributed by atoms with Gasteiger partial charge in [0, 0.05) is 0 Å². The standard InChI is InChI=1S/C13H14O4/c1-16-12(14)8-9-4-2-3-5-10(9)11-6-7-17-13(11)15/h2-5,11H,6-8H2,1H3. The van der Waals surface area contributed by atoms with Crippen molar-refractivity contribution in [2.24, 2.45) is 0 Å². The van der Waals surface area contributed by atoms with Gasteiger partial charge in [-0.3, -0.25) is 9.59 Å². The van der Waals surface area contributed by atoms with E-state index < -0.39 is 0 Å². The summed E-state index contributed by atoms with van der Waals surface area (Å²) in [5, 5.41) is 0. The lowest BCUT2D eigenvalue weighted by Gasteiger charge is -2.11. The molecule has 1 aromatic rings. The molecule has 1 aliphatic rings. The van der Waals surface area contributed by atoms with Crippen LogP contribution in [0.2, 0.25) is 0 Å². The van der Waals surface area contributed by atoms with Crippen molar-refractivity contribution in [1.82, 2.24) is 0 Å². The number of methoxy groups -OCH3 is 1. The summed E-state index contributed by atoms with van der Waals surface area (Å²) in [5.74, 6) is -0.748. The molecule has 0 aliphatic carbocycles. The van der Waals surface area contributed by atoms with Gasteiger partial charge in [-0.2, -0.15) is 0 Å². The molecule has 0 spiro atoms. The highest BCUT2D eigenvalue weighted by atomic mass is 16.5. The second kappa shape index (κ2) is 4.99. The molecule has 1 heterocycles. The Hall–Kier alpha value is -1.84. The fraction of sp³-hybridized carbons (Fsp3) is 0.385. The smallest absolute Gasteiger partial charge is 0.313 e. The number of benzene rings is 1. The van der Waals surface area contributed by atoms with E-state index >= 15 is 0 Å². The van der Waals surface area contributed by atoms with Crippen LogP contribution in [0, 0.1) is 0 Å². The highest BCUT2D eigenvalue weighted by molar-refractivity contribution is 5.81. The number of hydrogen-bond donors (Lipinski definition) is 0. The number of carbonyl (C=O) groups excluding carboxylic acids is 2. The zero-order valence-corrected chi connectivity index (χ0v) is 9.64. The molecule has 1 atom stereocenters. The van der Waals surface area contributed by atoms with Crippen LogP contribution in [0.4, 0.5) is 0 Å². The molecule has 4 nitrogen and oxygen atoms in total. The van der Waals surface area contributed by atoms with E-state index in [1.165, 1.54) is 7.11 Å². The second-order valence-electron chi connectivity index (χ2n) is 3.96. The van der Waals surface area contributed by atoms with E-state index in [0.717, 1.165) is 11.1 Å². The Bertz CT molecular complexity index is 439. The molecule has 0 radical (unpaired) electrons. The van der Waals surface area contributed by atoms with Gasteiger partial charge in [0.1, 0.15) is 0 Å². The maximum absolute atomic E-state index is 11.5. The van der Waals surface area contributed by atoms with Gasteiger partial charge in [-0.1, -0.05) is 24.3 Å². The van der Waals surface area contributed by atoms with Crippen molar-refractivity contribution in [2.75, 3.05) is 13.7 Å². The molecule has 4 heteroatoms. The summed E-state index contributed by atoms with van der Waals surface area (Å²) in [7, 11) is 1.36. The lowest BCUT2D eigenvalue weighted by molar-refractivity contribution is -0.140. The Balaban J connectivity index is 2.27. The highest BCUT2D eigenvalue weighted by Crippen LogP contribution is 2.29. The van der Waals surface area contributed by atoms with Gasteiger partial charge in [-0.05, 0) is 17.5 Å². The van der Waals surface area contributed by atoms with Crippen LogP contribution in [0.15, 0.2) is 24.3 Å². The Morgan fingerprint density at radius 1 is 1.47 bits per heavy atom. The SMILES string of the molecule is COC(=O)Cc1ccccc1C1CCOC1=O. The minimum Gasteiger partial charge on any atom is -0.469 e. The number of hydrogen-bond acceptors (Lipinski definition) is 4. The van der Waals surface area contributed by atoms with Gasteiger partial charge in [0.15, 0.2) is 0 Å². The van der Waals surface area contributed by atoms with Gasteiger partial charge in [-0.25, -0.2) is 0 Å². The highest BCUT2D eigenvalue weighted by Gasteiger charge is 2.29. The Kier molecular flexibility index (Phi) is 3.42. The molecular weight excluding hydrogens is 220 g/mol. The van der Waals surface area contributed by atoms with E-state index in [0.29, 0.717) is 13.0 Å². The molecule has 17 heavy (non-hydrogen) atoms. The van der Waals surface area contributed by atoms with Crippen LogP contribution in [-0.2, 0) is 25.5 Å². The summed E-state index contributed by atoms with van der Waals surface area (Å²) in [4.78, 5) is 22.8.